The van der Waals surface area contributed by atoms with E-state index in [9.17, 15) is 13.2 Å². The molecule has 0 spiro atoms. The molecule has 28 heavy (non-hydrogen) atoms. The second kappa shape index (κ2) is 6.81. The molecule has 2 unspecified atom stereocenters. The first-order valence-corrected chi connectivity index (χ1v) is 11.5. The molecular weight excluding hydrogens is 374 g/mol. The minimum Gasteiger partial charge on any atom is -0.299 e. The molecule has 0 amide bonds. The summed E-state index contributed by atoms with van der Waals surface area (Å²) in [4.78, 5) is 12.6. The highest BCUT2D eigenvalue weighted by Gasteiger charge is 2.65. The van der Waals surface area contributed by atoms with Gasteiger partial charge in [-0.2, -0.15) is 5.10 Å². The largest absolute Gasteiger partial charge is 0.299 e. The van der Waals surface area contributed by atoms with Crippen LogP contribution in [0.15, 0.2) is 42.7 Å². The molecule has 2 fully saturated rings. The predicted molar refractivity (Wildman–Crippen MR) is 108 cm³/mol. The van der Waals surface area contributed by atoms with E-state index in [1.165, 1.54) is 0 Å². The molecular formula is C21H27N3O3S. The Labute approximate surface area is 166 Å². The molecule has 150 valence electrons. The monoisotopic (exact) mass is 401 g/mol. The van der Waals surface area contributed by atoms with Crippen molar-refractivity contribution in [2.24, 2.45) is 16.7 Å². The van der Waals surface area contributed by atoms with Crippen LogP contribution >= 0.6 is 0 Å². The van der Waals surface area contributed by atoms with Crippen LogP contribution < -0.4 is 4.72 Å². The molecule has 2 saturated carbocycles. The first kappa shape index (κ1) is 19.3. The Kier molecular flexibility index (Phi) is 4.70. The standard InChI is InChI=1S/C21H27N3O3S/c1-20(2)17-8-10-21(20,19(25)14-17)15-28(26,27)23-12-9-16-4-6-18(7-5-16)24-13-3-11-22-24/h3-7,11,13,17,23H,8-10,12,14-15H2,1-2H3. The zero-order chi connectivity index (χ0) is 20.0. The van der Waals surface area contributed by atoms with Crippen molar-refractivity contribution in [3.8, 4) is 5.69 Å². The van der Waals surface area contributed by atoms with Crippen molar-refractivity contribution in [1.82, 2.24) is 14.5 Å². The highest BCUT2D eigenvalue weighted by Crippen LogP contribution is 2.64. The van der Waals surface area contributed by atoms with Gasteiger partial charge in [0.15, 0.2) is 0 Å². The van der Waals surface area contributed by atoms with E-state index in [1.807, 2.05) is 36.5 Å². The van der Waals surface area contributed by atoms with E-state index in [2.05, 4.69) is 23.7 Å². The van der Waals surface area contributed by atoms with E-state index in [1.54, 1.807) is 10.9 Å². The van der Waals surface area contributed by atoms with E-state index in [0.717, 1.165) is 17.7 Å². The number of nitrogens with one attached hydrogen (secondary N) is 1. The average Bonchev–Trinajstić information content (AvgIpc) is 3.29. The number of carbonyl (C=O) groups is 1. The fraction of sp³-hybridized carbons (Fsp3) is 0.524. The summed E-state index contributed by atoms with van der Waals surface area (Å²) in [5.74, 6) is 0.373. The van der Waals surface area contributed by atoms with Gasteiger partial charge in [-0.3, -0.25) is 4.79 Å². The van der Waals surface area contributed by atoms with Crippen LogP contribution in [0.2, 0.25) is 0 Å². The minimum atomic E-state index is -3.51. The molecule has 6 nitrogen and oxygen atoms in total. The molecule has 2 aliphatic carbocycles. The Hall–Kier alpha value is -1.99. The number of aromatic nitrogens is 2. The summed E-state index contributed by atoms with van der Waals surface area (Å²) in [6, 6.07) is 9.76. The summed E-state index contributed by atoms with van der Waals surface area (Å²) in [5, 5.41) is 4.19. The molecule has 1 heterocycles. The van der Waals surface area contributed by atoms with Crippen molar-refractivity contribution in [3.63, 3.8) is 0 Å². The smallest absolute Gasteiger partial charge is 0.212 e. The van der Waals surface area contributed by atoms with Gasteiger partial charge in [0.1, 0.15) is 5.78 Å². The fourth-order valence-corrected chi connectivity index (χ4v) is 6.91. The number of rotatable bonds is 7. The summed E-state index contributed by atoms with van der Waals surface area (Å²) in [6.45, 7) is 4.45. The number of carbonyl (C=O) groups excluding carboxylic acids is 1. The molecule has 0 radical (unpaired) electrons. The second-order valence-electron chi connectivity index (χ2n) is 8.69. The Morgan fingerprint density at radius 1 is 1.25 bits per heavy atom. The normalized spacial score (nSPS) is 26.1. The van der Waals surface area contributed by atoms with Gasteiger partial charge in [0.25, 0.3) is 0 Å². The molecule has 7 heteroatoms. The molecule has 2 aliphatic rings. The highest BCUT2D eigenvalue weighted by atomic mass is 32.2. The summed E-state index contributed by atoms with van der Waals surface area (Å²) in [7, 11) is -3.51. The van der Waals surface area contributed by atoms with E-state index in [4.69, 9.17) is 0 Å². The van der Waals surface area contributed by atoms with Gasteiger partial charge in [-0.25, -0.2) is 17.8 Å². The lowest BCUT2D eigenvalue weighted by atomic mass is 9.70. The molecule has 2 bridgehead atoms. The molecule has 1 N–H and O–H groups in total. The second-order valence-corrected chi connectivity index (χ2v) is 10.5. The van der Waals surface area contributed by atoms with Gasteiger partial charge in [-0.15, -0.1) is 0 Å². The van der Waals surface area contributed by atoms with Crippen molar-refractivity contribution >= 4 is 15.8 Å². The van der Waals surface area contributed by atoms with Crippen LogP contribution in [-0.4, -0.2) is 36.3 Å². The maximum Gasteiger partial charge on any atom is 0.212 e. The lowest BCUT2D eigenvalue weighted by molar-refractivity contribution is -0.128. The maximum absolute atomic E-state index is 12.7. The van der Waals surface area contributed by atoms with Gasteiger partial charge in [0.2, 0.25) is 10.0 Å². The Morgan fingerprint density at radius 3 is 2.57 bits per heavy atom. The maximum atomic E-state index is 12.7. The predicted octanol–water partition coefficient (Wildman–Crippen LogP) is 2.73. The fourth-order valence-electron chi connectivity index (χ4n) is 5.07. The molecule has 0 aliphatic heterocycles. The number of benzene rings is 1. The zero-order valence-corrected chi connectivity index (χ0v) is 17.2. The van der Waals surface area contributed by atoms with Gasteiger partial charge in [-0.1, -0.05) is 26.0 Å². The quantitative estimate of drug-likeness (QED) is 0.773. The molecule has 1 aromatic heterocycles. The minimum absolute atomic E-state index is 0.0828. The summed E-state index contributed by atoms with van der Waals surface area (Å²) >= 11 is 0. The van der Waals surface area contributed by atoms with Crippen LogP contribution in [0.25, 0.3) is 5.69 Å². The van der Waals surface area contributed by atoms with Gasteiger partial charge < -0.3 is 0 Å². The van der Waals surface area contributed by atoms with Crippen LogP contribution in [0.5, 0.6) is 0 Å². The van der Waals surface area contributed by atoms with Crippen LogP contribution in [0, 0.1) is 16.7 Å². The lowest BCUT2D eigenvalue weighted by Gasteiger charge is -2.36. The van der Waals surface area contributed by atoms with E-state index in [0.29, 0.717) is 31.7 Å². The third kappa shape index (κ3) is 3.20. The van der Waals surface area contributed by atoms with Crippen LogP contribution in [0.3, 0.4) is 0 Å². The van der Waals surface area contributed by atoms with Crippen molar-refractivity contribution in [3.05, 3.63) is 48.3 Å². The Morgan fingerprint density at radius 2 is 2.00 bits per heavy atom. The van der Waals surface area contributed by atoms with Crippen molar-refractivity contribution in [1.29, 1.82) is 0 Å². The SMILES string of the molecule is CC1(C)C2CCC1(CS(=O)(=O)NCCc1ccc(-n3cccn3)cc1)C(=O)C2. The first-order chi connectivity index (χ1) is 13.2. The molecule has 4 rings (SSSR count). The van der Waals surface area contributed by atoms with Crippen molar-refractivity contribution in [2.75, 3.05) is 12.3 Å². The van der Waals surface area contributed by atoms with Crippen molar-refractivity contribution in [2.45, 2.75) is 39.5 Å². The molecule has 0 saturated heterocycles. The number of sulfonamides is 1. The topological polar surface area (TPSA) is 81.1 Å². The van der Waals surface area contributed by atoms with E-state index < -0.39 is 15.4 Å². The average molecular weight is 402 g/mol. The number of Topliss-reactive ketones (excluding diaryl/α,β-unsaturated/α-hetero) is 1. The highest BCUT2D eigenvalue weighted by molar-refractivity contribution is 7.89. The van der Waals surface area contributed by atoms with Gasteiger partial charge in [0.05, 0.1) is 11.4 Å². The van der Waals surface area contributed by atoms with Gasteiger partial charge >= 0.3 is 0 Å². The molecule has 2 aromatic rings. The van der Waals surface area contributed by atoms with Crippen molar-refractivity contribution < 1.29 is 13.2 Å². The number of hydrogen-bond acceptors (Lipinski definition) is 4. The zero-order valence-electron chi connectivity index (χ0n) is 16.4. The Bertz CT molecular complexity index is 965. The van der Waals surface area contributed by atoms with Crippen LogP contribution in [0.4, 0.5) is 0 Å². The summed E-state index contributed by atoms with van der Waals surface area (Å²) in [6.07, 6.45) is 6.39. The third-order valence-electron chi connectivity index (χ3n) is 7.02. The number of hydrogen-bond donors (Lipinski definition) is 1. The third-order valence-corrected chi connectivity index (χ3v) is 8.53. The summed E-state index contributed by atoms with van der Waals surface area (Å²) in [5.41, 5.74) is 1.07. The number of nitrogens with zero attached hydrogens (tertiary/aromatic N) is 2. The van der Waals surface area contributed by atoms with Crippen LogP contribution in [-0.2, 0) is 21.2 Å². The van der Waals surface area contributed by atoms with Crippen LogP contribution in [0.1, 0.15) is 38.7 Å². The van der Waals surface area contributed by atoms with E-state index in [-0.39, 0.29) is 17.0 Å². The van der Waals surface area contributed by atoms with Gasteiger partial charge in [-0.05, 0) is 54.4 Å². The van der Waals surface area contributed by atoms with E-state index >= 15 is 0 Å². The summed E-state index contributed by atoms with van der Waals surface area (Å²) < 4.78 is 29.9. The van der Waals surface area contributed by atoms with Gasteiger partial charge in [0, 0.05) is 30.8 Å². The molecule has 1 aromatic carbocycles. The number of fused-ring (bicyclic) bond motifs is 2. The Balaban J connectivity index is 1.36. The number of ketones is 1. The lowest BCUT2D eigenvalue weighted by Crippen LogP contribution is -2.45. The first-order valence-electron chi connectivity index (χ1n) is 9.83. The molecule has 2 atom stereocenters.